The minimum absolute atomic E-state index is 0.0167. The molecule has 0 aliphatic heterocycles. The van der Waals surface area contributed by atoms with Crippen LogP contribution in [-0.2, 0) is 28.7 Å². The van der Waals surface area contributed by atoms with Crippen LogP contribution in [-0.4, -0.2) is 30.9 Å². The monoisotopic (exact) mass is 345 g/mol. The summed E-state index contributed by atoms with van der Waals surface area (Å²) in [5, 5.41) is 11.2. The Labute approximate surface area is 148 Å². The molecule has 2 heterocycles. The number of nitrogens with zero attached hydrogens (tertiary/aromatic N) is 5. The van der Waals surface area contributed by atoms with Gasteiger partial charge < -0.3 is 11.1 Å². The van der Waals surface area contributed by atoms with E-state index in [1.54, 1.807) is 6.20 Å². The molecule has 0 saturated carbocycles. The van der Waals surface area contributed by atoms with Crippen molar-refractivity contribution in [3.63, 3.8) is 0 Å². The van der Waals surface area contributed by atoms with Crippen LogP contribution >= 0.6 is 0 Å². The molecule has 2 aromatic heterocycles. The zero-order chi connectivity index (χ0) is 18.8. The third kappa shape index (κ3) is 5.23. The van der Waals surface area contributed by atoms with Crippen LogP contribution in [0.2, 0.25) is 0 Å². The van der Waals surface area contributed by atoms with Crippen LogP contribution in [0.3, 0.4) is 0 Å². The Kier molecular flexibility index (Phi) is 5.10. The number of nitrogens with two attached hydrogens (primary N) is 1. The van der Waals surface area contributed by atoms with Gasteiger partial charge in [0.05, 0.1) is 18.4 Å². The van der Waals surface area contributed by atoms with Gasteiger partial charge in [-0.1, -0.05) is 46.8 Å². The lowest BCUT2D eigenvalue weighted by molar-refractivity contribution is -0.118. The molecule has 0 aliphatic carbocycles. The predicted molar refractivity (Wildman–Crippen MR) is 96.0 cm³/mol. The number of amides is 1. The summed E-state index contributed by atoms with van der Waals surface area (Å²) in [6.45, 7) is 13.1. The van der Waals surface area contributed by atoms with Gasteiger partial charge in [0, 0.05) is 16.9 Å². The number of anilines is 1. The summed E-state index contributed by atoms with van der Waals surface area (Å²) in [6.07, 6.45) is 1.69. The molecule has 136 valence electrons. The second kappa shape index (κ2) is 6.78. The van der Waals surface area contributed by atoms with Crippen LogP contribution in [0.15, 0.2) is 12.3 Å². The van der Waals surface area contributed by atoms with Gasteiger partial charge in [0.2, 0.25) is 5.91 Å². The first-order chi connectivity index (χ1) is 11.4. The summed E-state index contributed by atoms with van der Waals surface area (Å²) in [4.78, 5) is 20.3. The molecule has 0 bridgehead atoms. The first-order valence-electron chi connectivity index (χ1n) is 8.26. The Bertz CT molecular complexity index is 721. The second-order valence-corrected chi connectivity index (χ2v) is 8.19. The van der Waals surface area contributed by atoms with Crippen molar-refractivity contribution >= 4 is 11.7 Å². The lowest BCUT2D eigenvalue weighted by atomic mass is 9.90. The van der Waals surface area contributed by atoms with Crippen LogP contribution in [0, 0.1) is 0 Å². The van der Waals surface area contributed by atoms with E-state index in [9.17, 15) is 4.79 Å². The molecule has 0 unspecified atom stereocenters. The summed E-state index contributed by atoms with van der Waals surface area (Å²) >= 11 is 0. The molecule has 0 aliphatic rings. The van der Waals surface area contributed by atoms with Crippen molar-refractivity contribution in [2.24, 2.45) is 5.73 Å². The average molecular weight is 345 g/mol. The van der Waals surface area contributed by atoms with Crippen molar-refractivity contribution in [2.75, 3.05) is 5.32 Å². The maximum atomic E-state index is 10.9. The van der Waals surface area contributed by atoms with E-state index in [0.29, 0.717) is 12.2 Å². The third-order valence-electron chi connectivity index (χ3n) is 3.52. The number of primary amides is 1. The molecule has 0 atom stereocenters. The van der Waals surface area contributed by atoms with E-state index in [-0.39, 0.29) is 17.4 Å². The number of nitrogens with one attached hydrogen (secondary N) is 1. The molecule has 2 rings (SSSR count). The number of aromatic nitrogens is 5. The molecule has 0 saturated heterocycles. The minimum atomic E-state index is -0.454. The first kappa shape index (κ1) is 18.8. The number of carbonyl (C=O) groups excluding carboxylic acids is 1. The first-order valence-corrected chi connectivity index (χ1v) is 8.26. The highest BCUT2D eigenvalue weighted by Gasteiger charge is 2.23. The van der Waals surface area contributed by atoms with Crippen molar-refractivity contribution in [1.82, 2.24) is 25.0 Å². The maximum Gasteiger partial charge on any atom is 0.239 e. The van der Waals surface area contributed by atoms with Crippen molar-refractivity contribution in [1.29, 1.82) is 0 Å². The molecular weight excluding hydrogens is 318 g/mol. The van der Waals surface area contributed by atoms with E-state index in [2.05, 4.69) is 62.2 Å². The SMILES string of the molecule is CC(C)(C)c1cc(NCc2cn(CC(N)=O)nn2)nc(C(C)(C)C)n1. The molecule has 0 spiro atoms. The smallest absolute Gasteiger partial charge is 0.239 e. The third-order valence-corrected chi connectivity index (χ3v) is 3.52. The minimum Gasteiger partial charge on any atom is -0.368 e. The van der Waals surface area contributed by atoms with Crippen molar-refractivity contribution < 1.29 is 4.79 Å². The van der Waals surface area contributed by atoms with E-state index < -0.39 is 5.91 Å². The van der Waals surface area contributed by atoms with Crippen LogP contribution in [0.25, 0.3) is 0 Å². The van der Waals surface area contributed by atoms with Crippen LogP contribution < -0.4 is 11.1 Å². The van der Waals surface area contributed by atoms with Gasteiger partial charge in [-0.15, -0.1) is 5.10 Å². The normalized spacial score (nSPS) is 12.2. The number of rotatable bonds is 5. The Hall–Kier alpha value is -2.51. The predicted octanol–water partition coefficient (Wildman–Crippen LogP) is 1.76. The molecule has 1 amide bonds. The lowest BCUT2D eigenvalue weighted by Crippen LogP contribution is -2.22. The fraction of sp³-hybridized carbons (Fsp3) is 0.588. The largest absolute Gasteiger partial charge is 0.368 e. The molecule has 0 aromatic carbocycles. The molecular formula is C17H27N7O. The van der Waals surface area contributed by atoms with Gasteiger partial charge in [0.15, 0.2) is 0 Å². The Morgan fingerprint density at radius 3 is 2.40 bits per heavy atom. The maximum absolute atomic E-state index is 10.9. The average Bonchev–Trinajstić information content (AvgIpc) is 2.89. The number of hydrogen-bond donors (Lipinski definition) is 2. The van der Waals surface area contributed by atoms with Gasteiger partial charge in [0.25, 0.3) is 0 Å². The topological polar surface area (TPSA) is 112 Å². The highest BCUT2D eigenvalue weighted by atomic mass is 16.1. The van der Waals surface area contributed by atoms with Gasteiger partial charge in [-0.05, 0) is 0 Å². The highest BCUT2D eigenvalue weighted by Crippen LogP contribution is 2.26. The molecule has 0 fully saturated rings. The van der Waals surface area contributed by atoms with Gasteiger partial charge >= 0.3 is 0 Å². The van der Waals surface area contributed by atoms with Crippen LogP contribution in [0.5, 0.6) is 0 Å². The number of hydrogen-bond acceptors (Lipinski definition) is 6. The Morgan fingerprint density at radius 1 is 1.16 bits per heavy atom. The standard InChI is InChI=1S/C17H27N7O/c1-16(2,3)12-7-14(21-15(20-12)17(4,5)6)19-8-11-9-24(23-22-11)10-13(18)25/h7,9H,8,10H2,1-6H3,(H2,18,25)(H,19,20,21). The summed E-state index contributed by atoms with van der Waals surface area (Å²) in [5.41, 5.74) is 6.61. The van der Waals surface area contributed by atoms with E-state index in [0.717, 1.165) is 17.3 Å². The van der Waals surface area contributed by atoms with Gasteiger partial charge in [-0.3, -0.25) is 4.79 Å². The molecule has 25 heavy (non-hydrogen) atoms. The highest BCUT2D eigenvalue weighted by molar-refractivity contribution is 5.73. The van der Waals surface area contributed by atoms with E-state index in [1.165, 1.54) is 4.68 Å². The fourth-order valence-corrected chi connectivity index (χ4v) is 2.10. The zero-order valence-corrected chi connectivity index (χ0v) is 15.8. The molecule has 8 nitrogen and oxygen atoms in total. The van der Waals surface area contributed by atoms with Crippen LogP contribution in [0.1, 0.15) is 58.8 Å². The Morgan fingerprint density at radius 2 is 1.84 bits per heavy atom. The quantitative estimate of drug-likeness (QED) is 0.854. The summed E-state index contributed by atoms with van der Waals surface area (Å²) in [7, 11) is 0. The van der Waals surface area contributed by atoms with E-state index >= 15 is 0 Å². The van der Waals surface area contributed by atoms with Crippen LogP contribution in [0.4, 0.5) is 5.82 Å². The van der Waals surface area contributed by atoms with E-state index in [1.807, 2.05) is 6.07 Å². The fourth-order valence-electron chi connectivity index (χ4n) is 2.10. The zero-order valence-electron chi connectivity index (χ0n) is 15.8. The lowest BCUT2D eigenvalue weighted by Gasteiger charge is -2.23. The molecule has 8 heteroatoms. The van der Waals surface area contributed by atoms with Crippen molar-refractivity contribution in [2.45, 2.75) is 65.5 Å². The summed E-state index contributed by atoms with van der Waals surface area (Å²) in [5.74, 6) is 1.08. The summed E-state index contributed by atoms with van der Waals surface area (Å²) < 4.78 is 1.42. The summed E-state index contributed by atoms with van der Waals surface area (Å²) in [6, 6.07) is 1.96. The van der Waals surface area contributed by atoms with Gasteiger partial charge in [-0.2, -0.15) is 0 Å². The molecule has 3 N–H and O–H groups in total. The van der Waals surface area contributed by atoms with Crippen molar-refractivity contribution in [3.8, 4) is 0 Å². The van der Waals surface area contributed by atoms with Gasteiger partial charge in [0.1, 0.15) is 23.9 Å². The van der Waals surface area contributed by atoms with E-state index in [4.69, 9.17) is 10.7 Å². The second-order valence-electron chi connectivity index (χ2n) is 8.19. The van der Waals surface area contributed by atoms with Crippen molar-refractivity contribution in [3.05, 3.63) is 29.5 Å². The Balaban J connectivity index is 2.21. The molecule has 2 aromatic rings. The number of carbonyl (C=O) groups is 1. The van der Waals surface area contributed by atoms with Gasteiger partial charge in [-0.25, -0.2) is 14.6 Å². The molecule has 0 radical (unpaired) electrons.